The molecule has 3 nitrogen and oxygen atoms in total. The van der Waals surface area contributed by atoms with Crippen molar-refractivity contribution < 1.29 is 18.3 Å². The number of nitrogens with zero attached hydrogens (tertiary/aromatic N) is 1. The van der Waals surface area contributed by atoms with Crippen molar-refractivity contribution in [2.75, 3.05) is 18.0 Å². The van der Waals surface area contributed by atoms with Crippen LogP contribution >= 0.6 is 0 Å². The molecule has 4 rings (SSSR count). The van der Waals surface area contributed by atoms with Crippen molar-refractivity contribution >= 4 is 11.5 Å². The SMILES string of the molecule is CCC(=O)c1ccc(F)cc1.C\C=C/C(=C\C=C\C)OCc1ccccc1.Fc1ccc(N2CCC2)cc1. The number of hydrogen-bond donors (Lipinski definition) is 0. The third-order valence-electron chi connectivity index (χ3n) is 5.57. The predicted molar refractivity (Wildman–Crippen MR) is 153 cm³/mol. The van der Waals surface area contributed by atoms with Gasteiger partial charge < -0.3 is 9.64 Å². The third kappa shape index (κ3) is 11.4. The Kier molecular flexibility index (Phi) is 13.9. The van der Waals surface area contributed by atoms with Crippen molar-refractivity contribution in [3.05, 3.63) is 138 Å². The van der Waals surface area contributed by atoms with Gasteiger partial charge in [-0.15, -0.1) is 0 Å². The van der Waals surface area contributed by atoms with Crippen LogP contribution in [0, 0.1) is 11.6 Å². The van der Waals surface area contributed by atoms with E-state index >= 15 is 0 Å². The summed E-state index contributed by atoms with van der Waals surface area (Å²) in [5, 5.41) is 0. The van der Waals surface area contributed by atoms with Gasteiger partial charge in [0.1, 0.15) is 24.0 Å². The van der Waals surface area contributed by atoms with E-state index in [2.05, 4.69) is 17.0 Å². The van der Waals surface area contributed by atoms with Crippen LogP contribution < -0.4 is 4.90 Å². The molecule has 0 N–H and O–H groups in total. The maximum absolute atomic E-state index is 12.5. The summed E-state index contributed by atoms with van der Waals surface area (Å²) in [6.45, 7) is 8.59. The van der Waals surface area contributed by atoms with Gasteiger partial charge >= 0.3 is 0 Å². The summed E-state index contributed by atoms with van der Waals surface area (Å²) in [6, 6.07) is 22.4. The minimum atomic E-state index is -0.308. The first kappa shape index (κ1) is 30.2. The lowest BCUT2D eigenvalue weighted by Crippen LogP contribution is -2.36. The van der Waals surface area contributed by atoms with E-state index < -0.39 is 0 Å². The first-order chi connectivity index (χ1) is 18.5. The van der Waals surface area contributed by atoms with Gasteiger partial charge in [-0.2, -0.15) is 0 Å². The highest BCUT2D eigenvalue weighted by Crippen LogP contribution is 2.20. The summed E-state index contributed by atoms with van der Waals surface area (Å²) in [6.07, 6.45) is 11.6. The summed E-state index contributed by atoms with van der Waals surface area (Å²) >= 11 is 0. The Balaban J connectivity index is 0.000000205. The molecule has 0 aliphatic carbocycles. The number of carbonyl (C=O) groups is 1. The molecule has 0 aromatic heterocycles. The molecule has 5 heteroatoms. The van der Waals surface area contributed by atoms with Crippen molar-refractivity contribution in [1.29, 1.82) is 0 Å². The van der Waals surface area contributed by atoms with Crippen LogP contribution in [-0.4, -0.2) is 18.9 Å². The van der Waals surface area contributed by atoms with Crippen LogP contribution in [0.1, 0.15) is 49.5 Å². The molecular formula is C33H37F2NO2. The van der Waals surface area contributed by atoms with Crippen LogP contribution in [0.25, 0.3) is 0 Å². The molecule has 1 heterocycles. The Hall–Kier alpha value is -3.99. The molecule has 1 saturated heterocycles. The monoisotopic (exact) mass is 517 g/mol. The number of ketones is 1. The Bertz CT molecular complexity index is 1160. The number of hydrogen-bond acceptors (Lipinski definition) is 3. The van der Waals surface area contributed by atoms with Crippen LogP contribution in [-0.2, 0) is 11.3 Å². The summed E-state index contributed by atoms with van der Waals surface area (Å²) in [5.41, 5.74) is 2.89. The quantitative estimate of drug-likeness (QED) is 0.170. The normalized spacial score (nSPS) is 12.8. The molecule has 1 aliphatic heterocycles. The van der Waals surface area contributed by atoms with Gasteiger partial charge in [-0.05, 0) is 86.5 Å². The van der Waals surface area contributed by atoms with E-state index in [1.807, 2.05) is 74.6 Å². The van der Waals surface area contributed by atoms with Gasteiger partial charge in [-0.3, -0.25) is 4.79 Å². The second kappa shape index (κ2) is 17.5. The standard InChI is InChI=1S/C15H18O.C9H10FN.C9H9FO/c1-3-5-12-15(9-4-2)16-13-14-10-7-6-8-11-14;10-8-2-4-9(5-3-8)11-6-1-7-11;1-2-9(11)7-3-5-8(10)6-4-7/h3-12H,13H2,1-2H3;2-5H,1,6-7H2;3-6H,2H2,1H3/b5-3+,9-4-,15-12+;;. The second-order valence-electron chi connectivity index (χ2n) is 8.47. The highest BCUT2D eigenvalue weighted by molar-refractivity contribution is 5.95. The Labute approximate surface area is 225 Å². The maximum Gasteiger partial charge on any atom is 0.162 e. The third-order valence-corrected chi connectivity index (χ3v) is 5.57. The Morgan fingerprint density at radius 1 is 0.868 bits per heavy atom. The summed E-state index contributed by atoms with van der Waals surface area (Å²) in [5.74, 6) is 0.460. The maximum atomic E-state index is 12.5. The van der Waals surface area contributed by atoms with E-state index in [-0.39, 0.29) is 17.4 Å². The van der Waals surface area contributed by atoms with Gasteiger partial charge in [0.15, 0.2) is 5.78 Å². The summed E-state index contributed by atoms with van der Waals surface area (Å²) in [4.78, 5) is 13.2. The molecule has 0 amide bonds. The zero-order chi connectivity index (χ0) is 27.6. The van der Waals surface area contributed by atoms with Gasteiger partial charge in [-0.1, -0.05) is 55.5 Å². The number of ether oxygens (including phenoxy) is 1. The van der Waals surface area contributed by atoms with Crippen molar-refractivity contribution in [3.63, 3.8) is 0 Å². The van der Waals surface area contributed by atoms with Crippen LogP contribution in [0.15, 0.2) is 115 Å². The van der Waals surface area contributed by atoms with Crippen molar-refractivity contribution in [2.45, 2.75) is 40.2 Å². The van der Waals surface area contributed by atoms with Gasteiger partial charge in [-0.25, -0.2) is 8.78 Å². The minimum Gasteiger partial charge on any atom is -0.489 e. The molecule has 0 saturated carbocycles. The number of benzene rings is 3. The summed E-state index contributed by atoms with van der Waals surface area (Å²) in [7, 11) is 0. The lowest BCUT2D eigenvalue weighted by molar-refractivity contribution is 0.0988. The molecule has 3 aromatic rings. The fourth-order valence-electron chi connectivity index (χ4n) is 3.31. The van der Waals surface area contributed by atoms with Crippen molar-refractivity contribution in [2.24, 2.45) is 0 Å². The van der Waals surface area contributed by atoms with Crippen LogP contribution in [0.4, 0.5) is 14.5 Å². The van der Waals surface area contributed by atoms with Gasteiger partial charge in [0.05, 0.1) is 0 Å². The average Bonchev–Trinajstić information content (AvgIpc) is 2.92. The lowest BCUT2D eigenvalue weighted by Gasteiger charge is -2.33. The largest absolute Gasteiger partial charge is 0.489 e. The molecule has 0 unspecified atom stereocenters. The van der Waals surface area contributed by atoms with Gasteiger partial charge in [0, 0.05) is 30.8 Å². The molecule has 0 atom stereocenters. The average molecular weight is 518 g/mol. The highest BCUT2D eigenvalue weighted by atomic mass is 19.1. The molecule has 1 aliphatic rings. The molecular weight excluding hydrogens is 480 g/mol. The number of rotatable bonds is 8. The minimum absolute atomic E-state index is 0.0463. The topological polar surface area (TPSA) is 29.5 Å². The Morgan fingerprint density at radius 2 is 1.47 bits per heavy atom. The number of halogens is 2. The van der Waals surface area contributed by atoms with E-state index in [4.69, 9.17) is 4.74 Å². The fourth-order valence-corrected chi connectivity index (χ4v) is 3.31. The molecule has 0 bridgehead atoms. The first-order valence-electron chi connectivity index (χ1n) is 12.9. The zero-order valence-electron chi connectivity index (χ0n) is 22.4. The van der Waals surface area contributed by atoms with Crippen LogP contribution in [0.2, 0.25) is 0 Å². The number of Topliss-reactive ketones (excluding diaryl/α,β-unsaturated/α-hetero) is 1. The zero-order valence-corrected chi connectivity index (χ0v) is 22.4. The predicted octanol–water partition coefficient (Wildman–Crippen LogP) is 8.69. The number of carbonyl (C=O) groups excluding carboxylic acids is 1. The smallest absolute Gasteiger partial charge is 0.162 e. The van der Waals surface area contributed by atoms with Crippen LogP contribution in [0.5, 0.6) is 0 Å². The molecule has 0 spiro atoms. The molecule has 3 aromatic carbocycles. The second-order valence-corrected chi connectivity index (χ2v) is 8.47. The van der Waals surface area contributed by atoms with Crippen molar-refractivity contribution in [1.82, 2.24) is 0 Å². The Morgan fingerprint density at radius 3 is 1.97 bits per heavy atom. The van der Waals surface area contributed by atoms with E-state index in [9.17, 15) is 13.6 Å². The highest BCUT2D eigenvalue weighted by Gasteiger charge is 2.13. The van der Waals surface area contributed by atoms with E-state index in [0.29, 0.717) is 18.6 Å². The number of allylic oxidation sites excluding steroid dienone is 5. The van der Waals surface area contributed by atoms with Crippen molar-refractivity contribution in [3.8, 4) is 0 Å². The molecule has 0 radical (unpaired) electrons. The summed E-state index contributed by atoms with van der Waals surface area (Å²) < 4.78 is 30.5. The van der Waals surface area contributed by atoms with Gasteiger partial charge in [0.2, 0.25) is 0 Å². The van der Waals surface area contributed by atoms with Crippen LogP contribution in [0.3, 0.4) is 0 Å². The van der Waals surface area contributed by atoms with E-state index in [0.717, 1.165) is 24.5 Å². The molecule has 200 valence electrons. The van der Waals surface area contributed by atoms with Gasteiger partial charge in [0.25, 0.3) is 0 Å². The molecule has 1 fully saturated rings. The number of anilines is 1. The fraction of sp³-hybridized carbons (Fsp3) is 0.242. The molecule has 38 heavy (non-hydrogen) atoms. The lowest BCUT2D eigenvalue weighted by atomic mass is 10.1. The van der Waals surface area contributed by atoms with E-state index in [1.165, 1.54) is 48.4 Å². The van der Waals surface area contributed by atoms with E-state index in [1.54, 1.807) is 6.92 Å². The first-order valence-corrected chi connectivity index (χ1v) is 12.9.